The monoisotopic (exact) mass is 391 g/mol. The molecule has 0 radical (unpaired) electrons. The summed E-state index contributed by atoms with van der Waals surface area (Å²) in [5.74, 6) is 0.993. The average Bonchev–Trinajstić information content (AvgIpc) is 2.70. The second kappa shape index (κ2) is 8.73. The smallest absolute Gasteiger partial charge is 0.258 e. The van der Waals surface area contributed by atoms with Gasteiger partial charge >= 0.3 is 0 Å². The maximum atomic E-state index is 12.9. The summed E-state index contributed by atoms with van der Waals surface area (Å²) >= 11 is 0. The number of aromatic amines is 1. The SMILES string of the molecule is COc1ccc(C)cc1/C=C/C(=O)N(Cc1nc2ccccc2c(=O)[nH]1)C(C)C. The molecule has 2 aromatic carbocycles. The molecule has 6 nitrogen and oxygen atoms in total. The van der Waals surface area contributed by atoms with Crippen molar-refractivity contribution in [3.8, 4) is 5.75 Å². The van der Waals surface area contributed by atoms with Crippen LogP contribution in [0.3, 0.4) is 0 Å². The van der Waals surface area contributed by atoms with E-state index in [4.69, 9.17) is 4.74 Å². The highest BCUT2D eigenvalue weighted by atomic mass is 16.5. The van der Waals surface area contributed by atoms with Gasteiger partial charge in [0.1, 0.15) is 11.6 Å². The first-order chi connectivity index (χ1) is 13.9. The van der Waals surface area contributed by atoms with Gasteiger partial charge in [0.2, 0.25) is 5.91 Å². The number of rotatable bonds is 6. The van der Waals surface area contributed by atoms with Gasteiger partial charge in [-0.25, -0.2) is 4.98 Å². The predicted octanol–water partition coefficient (Wildman–Crippen LogP) is 3.69. The zero-order valence-electron chi connectivity index (χ0n) is 17.1. The minimum atomic E-state index is -0.207. The number of carbonyl (C=O) groups excluding carboxylic acids is 1. The first-order valence-electron chi connectivity index (χ1n) is 9.50. The lowest BCUT2D eigenvalue weighted by molar-refractivity contribution is -0.128. The molecule has 29 heavy (non-hydrogen) atoms. The Balaban J connectivity index is 1.86. The summed E-state index contributed by atoms with van der Waals surface area (Å²) in [5, 5.41) is 0.533. The summed E-state index contributed by atoms with van der Waals surface area (Å²) in [4.78, 5) is 34.1. The van der Waals surface area contributed by atoms with Crippen LogP contribution in [0.1, 0.15) is 30.8 Å². The van der Waals surface area contributed by atoms with Crippen LogP contribution in [0.5, 0.6) is 5.75 Å². The van der Waals surface area contributed by atoms with Crippen LogP contribution in [0.2, 0.25) is 0 Å². The van der Waals surface area contributed by atoms with Gasteiger partial charge in [0.15, 0.2) is 0 Å². The van der Waals surface area contributed by atoms with Crippen LogP contribution < -0.4 is 10.3 Å². The number of ether oxygens (including phenoxy) is 1. The Hall–Kier alpha value is -3.41. The summed E-state index contributed by atoms with van der Waals surface area (Å²) in [7, 11) is 1.60. The van der Waals surface area contributed by atoms with Gasteiger partial charge in [-0.1, -0.05) is 23.8 Å². The number of nitrogens with zero attached hydrogens (tertiary/aromatic N) is 2. The van der Waals surface area contributed by atoms with E-state index in [2.05, 4.69) is 9.97 Å². The van der Waals surface area contributed by atoms with Crippen molar-refractivity contribution in [3.63, 3.8) is 0 Å². The van der Waals surface area contributed by atoms with Crippen molar-refractivity contribution in [2.75, 3.05) is 7.11 Å². The number of aryl methyl sites for hydroxylation is 1. The Morgan fingerprint density at radius 3 is 2.72 bits per heavy atom. The average molecular weight is 391 g/mol. The van der Waals surface area contributed by atoms with E-state index in [0.717, 1.165) is 11.1 Å². The molecule has 0 atom stereocenters. The highest BCUT2D eigenvalue weighted by Crippen LogP contribution is 2.21. The van der Waals surface area contributed by atoms with E-state index >= 15 is 0 Å². The fourth-order valence-electron chi connectivity index (χ4n) is 3.13. The zero-order valence-corrected chi connectivity index (χ0v) is 17.1. The van der Waals surface area contributed by atoms with Crippen LogP contribution in [0.25, 0.3) is 17.0 Å². The van der Waals surface area contributed by atoms with Crippen molar-refractivity contribution in [1.29, 1.82) is 0 Å². The van der Waals surface area contributed by atoms with Crippen molar-refractivity contribution in [2.24, 2.45) is 0 Å². The van der Waals surface area contributed by atoms with Crippen molar-refractivity contribution >= 4 is 22.9 Å². The van der Waals surface area contributed by atoms with Crippen LogP contribution in [0.15, 0.2) is 53.3 Å². The summed E-state index contributed by atoms with van der Waals surface area (Å²) in [6, 6.07) is 12.9. The van der Waals surface area contributed by atoms with E-state index < -0.39 is 0 Å². The third-order valence-electron chi connectivity index (χ3n) is 4.68. The molecule has 0 spiro atoms. The van der Waals surface area contributed by atoms with Crippen LogP contribution in [0.4, 0.5) is 0 Å². The highest BCUT2D eigenvalue weighted by Gasteiger charge is 2.17. The third kappa shape index (κ3) is 4.71. The van der Waals surface area contributed by atoms with E-state index in [1.54, 1.807) is 36.3 Å². The van der Waals surface area contributed by atoms with E-state index in [1.807, 2.05) is 45.0 Å². The standard InChI is InChI=1S/C23H25N3O3/c1-15(2)26(14-21-24-19-8-6-5-7-18(19)23(28)25-21)22(27)12-10-17-13-16(3)9-11-20(17)29-4/h5-13,15H,14H2,1-4H3,(H,24,25,28)/b12-10+. The van der Waals surface area contributed by atoms with Gasteiger partial charge in [0.05, 0.1) is 24.6 Å². The first-order valence-corrected chi connectivity index (χ1v) is 9.50. The number of hydrogen-bond acceptors (Lipinski definition) is 4. The van der Waals surface area contributed by atoms with Crippen LogP contribution in [0, 0.1) is 6.92 Å². The topological polar surface area (TPSA) is 75.3 Å². The summed E-state index contributed by atoms with van der Waals surface area (Å²) in [5.41, 5.74) is 2.32. The van der Waals surface area contributed by atoms with E-state index in [-0.39, 0.29) is 24.1 Å². The molecule has 0 fully saturated rings. The van der Waals surface area contributed by atoms with Gasteiger partial charge < -0.3 is 14.6 Å². The lowest BCUT2D eigenvalue weighted by atomic mass is 10.1. The molecule has 1 N–H and O–H groups in total. The Morgan fingerprint density at radius 2 is 2.00 bits per heavy atom. The van der Waals surface area contributed by atoms with Crippen LogP contribution in [-0.2, 0) is 11.3 Å². The van der Waals surface area contributed by atoms with Crippen molar-refractivity contribution in [3.05, 3.63) is 75.8 Å². The minimum absolute atomic E-state index is 0.0664. The molecule has 0 bridgehead atoms. The Labute approximate surface area is 169 Å². The molecule has 0 saturated carbocycles. The number of nitrogens with one attached hydrogen (secondary N) is 1. The van der Waals surface area contributed by atoms with Gasteiger partial charge in [0.25, 0.3) is 5.56 Å². The van der Waals surface area contributed by atoms with Gasteiger partial charge in [0, 0.05) is 17.7 Å². The van der Waals surface area contributed by atoms with Gasteiger partial charge in [-0.05, 0) is 51.1 Å². The van der Waals surface area contributed by atoms with Crippen LogP contribution >= 0.6 is 0 Å². The first kappa shape index (κ1) is 20.3. The van der Waals surface area contributed by atoms with Crippen molar-refractivity contribution in [1.82, 2.24) is 14.9 Å². The minimum Gasteiger partial charge on any atom is -0.496 e. The molecule has 150 valence electrons. The second-order valence-electron chi connectivity index (χ2n) is 7.17. The number of carbonyl (C=O) groups is 1. The quantitative estimate of drug-likeness (QED) is 0.650. The molecule has 3 rings (SSSR count). The predicted molar refractivity (Wildman–Crippen MR) is 115 cm³/mol. The number of amides is 1. The molecule has 0 aliphatic carbocycles. The highest BCUT2D eigenvalue weighted by molar-refractivity contribution is 5.92. The normalized spacial score (nSPS) is 11.3. The van der Waals surface area contributed by atoms with Crippen LogP contribution in [-0.4, -0.2) is 33.9 Å². The number of aromatic nitrogens is 2. The second-order valence-corrected chi connectivity index (χ2v) is 7.17. The molecule has 0 saturated heterocycles. The molecule has 1 amide bonds. The zero-order chi connectivity index (χ0) is 21.0. The Morgan fingerprint density at radius 1 is 1.24 bits per heavy atom. The summed E-state index contributed by atoms with van der Waals surface area (Å²) in [6.45, 7) is 6.06. The molecule has 0 aliphatic heterocycles. The summed E-state index contributed by atoms with van der Waals surface area (Å²) < 4.78 is 5.36. The van der Waals surface area contributed by atoms with Crippen molar-refractivity contribution in [2.45, 2.75) is 33.4 Å². The molecule has 1 heterocycles. The Kier molecular flexibility index (Phi) is 6.12. The number of methoxy groups -OCH3 is 1. The molecule has 3 aromatic rings. The summed E-state index contributed by atoms with van der Waals surface area (Å²) in [6.07, 6.45) is 3.27. The fourth-order valence-corrected chi connectivity index (χ4v) is 3.13. The third-order valence-corrected chi connectivity index (χ3v) is 4.68. The van der Waals surface area contributed by atoms with E-state index in [1.165, 1.54) is 6.08 Å². The number of benzene rings is 2. The molecule has 0 aliphatic rings. The van der Waals surface area contributed by atoms with E-state index in [9.17, 15) is 9.59 Å². The molecule has 0 unspecified atom stereocenters. The van der Waals surface area contributed by atoms with Gasteiger partial charge in [-0.3, -0.25) is 9.59 Å². The number of para-hydroxylation sites is 1. The largest absolute Gasteiger partial charge is 0.496 e. The van der Waals surface area contributed by atoms with E-state index in [0.29, 0.717) is 22.5 Å². The lowest BCUT2D eigenvalue weighted by Crippen LogP contribution is -2.36. The van der Waals surface area contributed by atoms with Gasteiger partial charge in [-0.15, -0.1) is 0 Å². The molecular formula is C23H25N3O3. The molecule has 6 heteroatoms. The lowest BCUT2D eigenvalue weighted by Gasteiger charge is -2.25. The Bertz CT molecular complexity index is 1120. The number of hydrogen-bond donors (Lipinski definition) is 1. The van der Waals surface area contributed by atoms with Gasteiger partial charge in [-0.2, -0.15) is 0 Å². The number of fused-ring (bicyclic) bond motifs is 1. The van der Waals surface area contributed by atoms with Crippen molar-refractivity contribution < 1.29 is 9.53 Å². The maximum Gasteiger partial charge on any atom is 0.258 e. The fraction of sp³-hybridized carbons (Fsp3) is 0.261. The number of H-pyrrole nitrogens is 1. The maximum absolute atomic E-state index is 12.9. The molecular weight excluding hydrogens is 366 g/mol. The molecule has 1 aromatic heterocycles.